The summed E-state index contributed by atoms with van der Waals surface area (Å²) < 4.78 is 25.7. The molecule has 1 aromatic rings. The van der Waals surface area contributed by atoms with Crippen molar-refractivity contribution in [2.24, 2.45) is 5.92 Å². The molecule has 20 heavy (non-hydrogen) atoms. The maximum atomic E-state index is 13.0. The van der Waals surface area contributed by atoms with Crippen molar-refractivity contribution in [1.29, 1.82) is 0 Å². The van der Waals surface area contributed by atoms with Crippen LogP contribution in [0.4, 0.5) is 19.3 Å². The number of amides is 2. The number of piperidine rings is 1. The van der Waals surface area contributed by atoms with E-state index in [0.29, 0.717) is 13.1 Å². The topological polar surface area (TPSA) is 73.4 Å². The molecule has 0 unspecified atom stereocenters. The Morgan fingerprint density at radius 1 is 1.40 bits per heavy atom. The van der Waals surface area contributed by atoms with Crippen molar-refractivity contribution in [3.8, 4) is 0 Å². The van der Waals surface area contributed by atoms with Crippen molar-refractivity contribution in [2.75, 3.05) is 25.0 Å². The zero-order chi connectivity index (χ0) is 14.5. The number of aliphatic hydroxyl groups excluding tert-OH is 1. The molecule has 1 aliphatic heterocycles. The number of carbonyl (C=O) groups excluding carboxylic acids is 1. The number of nitrogens with one attached hydrogen (secondary N) is 3. The molecule has 1 aliphatic rings. The number of hydrogen-bond donors (Lipinski definition) is 4. The molecule has 0 bridgehead atoms. The van der Waals surface area contributed by atoms with Crippen LogP contribution >= 0.6 is 0 Å². The summed E-state index contributed by atoms with van der Waals surface area (Å²) in [5.41, 5.74) is 0.173. The van der Waals surface area contributed by atoms with Crippen LogP contribution in [-0.4, -0.2) is 36.9 Å². The Morgan fingerprint density at radius 2 is 2.20 bits per heavy atom. The Balaban J connectivity index is 1.81. The number of benzene rings is 1. The molecule has 1 fully saturated rings. The van der Waals surface area contributed by atoms with Gasteiger partial charge in [0.1, 0.15) is 0 Å². The molecule has 7 heteroatoms. The van der Waals surface area contributed by atoms with Gasteiger partial charge in [0, 0.05) is 30.8 Å². The van der Waals surface area contributed by atoms with Gasteiger partial charge in [0.2, 0.25) is 0 Å². The predicted molar refractivity (Wildman–Crippen MR) is 70.4 cm³/mol. The van der Waals surface area contributed by atoms with Crippen LogP contribution in [0.15, 0.2) is 18.2 Å². The van der Waals surface area contributed by atoms with Crippen LogP contribution in [-0.2, 0) is 0 Å². The first kappa shape index (κ1) is 14.7. The summed E-state index contributed by atoms with van der Waals surface area (Å²) in [5, 5.41) is 17.8. The molecular formula is C13H17F2N3O2. The van der Waals surface area contributed by atoms with E-state index in [1.54, 1.807) is 0 Å². The number of rotatable bonds is 3. The highest BCUT2D eigenvalue weighted by Crippen LogP contribution is 2.13. The highest BCUT2D eigenvalue weighted by molar-refractivity contribution is 5.89. The number of halogens is 2. The minimum atomic E-state index is -1.02. The van der Waals surface area contributed by atoms with E-state index in [0.717, 1.165) is 25.1 Å². The SMILES string of the molecule is O=C(NC[C@@H]1CCNC[C@H]1O)Nc1ccc(F)c(F)c1. The van der Waals surface area contributed by atoms with Crippen LogP contribution in [0.2, 0.25) is 0 Å². The fourth-order valence-electron chi connectivity index (χ4n) is 2.11. The van der Waals surface area contributed by atoms with Gasteiger partial charge < -0.3 is 21.1 Å². The predicted octanol–water partition coefficient (Wildman–Crippen LogP) is 1.06. The molecule has 0 saturated carbocycles. The average molecular weight is 285 g/mol. The molecule has 5 nitrogen and oxygen atoms in total. The van der Waals surface area contributed by atoms with Gasteiger partial charge in [-0.15, -0.1) is 0 Å². The lowest BCUT2D eigenvalue weighted by Crippen LogP contribution is -2.46. The van der Waals surface area contributed by atoms with Gasteiger partial charge in [0.05, 0.1) is 6.10 Å². The number of anilines is 1. The third-order valence-electron chi connectivity index (χ3n) is 3.29. The first-order chi connectivity index (χ1) is 9.56. The molecule has 2 atom stereocenters. The summed E-state index contributed by atoms with van der Waals surface area (Å²) in [6, 6.07) is 2.62. The Bertz CT molecular complexity index is 485. The molecule has 1 heterocycles. The maximum absolute atomic E-state index is 13.0. The van der Waals surface area contributed by atoms with Crippen LogP contribution in [0.1, 0.15) is 6.42 Å². The molecule has 4 N–H and O–H groups in total. The molecule has 1 aromatic carbocycles. The van der Waals surface area contributed by atoms with E-state index >= 15 is 0 Å². The van der Waals surface area contributed by atoms with Gasteiger partial charge >= 0.3 is 6.03 Å². The van der Waals surface area contributed by atoms with E-state index in [1.807, 2.05) is 0 Å². The molecular weight excluding hydrogens is 268 g/mol. The van der Waals surface area contributed by atoms with Crippen molar-refractivity contribution >= 4 is 11.7 Å². The monoisotopic (exact) mass is 285 g/mol. The molecule has 2 amide bonds. The van der Waals surface area contributed by atoms with E-state index in [9.17, 15) is 18.7 Å². The highest BCUT2D eigenvalue weighted by atomic mass is 19.2. The quantitative estimate of drug-likeness (QED) is 0.671. The number of urea groups is 1. The van der Waals surface area contributed by atoms with Gasteiger partial charge in [-0.05, 0) is 25.1 Å². The van der Waals surface area contributed by atoms with Gasteiger partial charge in [-0.25, -0.2) is 13.6 Å². The van der Waals surface area contributed by atoms with Crippen molar-refractivity contribution in [2.45, 2.75) is 12.5 Å². The second-order valence-electron chi connectivity index (χ2n) is 4.78. The third-order valence-corrected chi connectivity index (χ3v) is 3.29. The summed E-state index contributed by atoms with van der Waals surface area (Å²) >= 11 is 0. The first-order valence-corrected chi connectivity index (χ1v) is 6.45. The van der Waals surface area contributed by atoms with Crippen LogP contribution in [0, 0.1) is 17.6 Å². The lowest BCUT2D eigenvalue weighted by atomic mass is 9.95. The van der Waals surface area contributed by atoms with Gasteiger partial charge in [-0.3, -0.25) is 0 Å². The lowest BCUT2D eigenvalue weighted by molar-refractivity contribution is 0.0830. The van der Waals surface area contributed by atoms with E-state index in [4.69, 9.17) is 0 Å². The number of β-amino-alcohol motifs (C(OH)–C–C–N with tert-alkyl or cyclic N) is 1. The average Bonchev–Trinajstić information content (AvgIpc) is 2.42. The van der Waals surface area contributed by atoms with Crippen LogP contribution in [0.3, 0.4) is 0 Å². The van der Waals surface area contributed by atoms with E-state index in [1.165, 1.54) is 6.07 Å². The van der Waals surface area contributed by atoms with Crippen LogP contribution in [0.5, 0.6) is 0 Å². The Labute approximate surface area is 115 Å². The smallest absolute Gasteiger partial charge is 0.319 e. The summed E-state index contributed by atoms with van der Waals surface area (Å²) in [5.74, 6) is -1.99. The van der Waals surface area contributed by atoms with Gasteiger partial charge in [-0.2, -0.15) is 0 Å². The molecule has 0 aliphatic carbocycles. The second-order valence-corrected chi connectivity index (χ2v) is 4.78. The van der Waals surface area contributed by atoms with Gasteiger partial charge in [-0.1, -0.05) is 0 Å². The van der Waals surface area contributed by atoms with Gasteiger partial charge in [0.15, 0.2) is 11.6 Å². The maximum Gasteiger partial charge on any atom is 0.319 e. The number of carbonyl (C=O) groups is 1. The summed E-state index contributed by atoms with van der Waals surface area (Å²) in [6.45, 7) is 1.64. The fraction of sp³-hybridized carbons (Fsp3) is 0.462. The van der Waals surface area contributed by atoms with Gasteiger partial charge in [0.25, 0.3) is 0 Å². The first-order valence-electron chi connectivity index (χ1n) is 6.45. The minimum absolute atomic E-state index is 0.00745. The van der Waals surface area contributed by atoms with E-state index < -0.39 is 23.8 Å². The van der Waals surface area contributed by atoms with E-state index in [2.05, 4.69) is 16.0 Å². The molecule has 2 rings (SSSR count). The van der Waals surface area contributed by atoms with Crippen molar-refractivity contribution in [3.63, 3.8) is 0 Å². The van der Waals surface area contributed by atoms with Crippen molar-refractivity contribution in [1.82, 2.24) is 10.6 Å². The third kappa shape index (κ3) is 3.88. The number of hydrogen-bond acceptors (Lipinski definition) is 3. The molecule has 110 valence electrons. The molecule has 0 aromatic heterocycles. The zero-order valence-electron chi connectivity index (χ0n) is 10.8. The number of aliphatic hydroxyl groups is 1. The Kier molecular flexibility index (Phi) is 4.86. The minimum Gasteiger partial charge on any atom is -0.391 e. The zero-order valence-corrected chi connectivity index (χ0v) is 10.8. The van der Waals surface area contributed by atoms with E-state index in [-0.39, 0.29) is 11.6 Å². The van der Waals surface area contributed by atoms with Crippen molar-refractivity contribution < 1.29 is 18.7 Å². The second kappa shape index (κ2) is 6.62. The molecule has 1 saturated heterocycles. The fourth-order valence-corrected chi connectivity index (χ4v) is 2.11. The van der Waals surface area contributed by atoms with Crippen LogP contribution < -0.4 is 16.0 Å². The van der Waals surface area contributed by atoms with Crippen molar-refractivity contribution in [3.05, 3.63) is 29.8 Å². The standard InChI is InChI=1S/C13H17F2N3O2/c14-10-2-1-9(5-11(10)15)18-13(20)17-6-8-3-4-16-7-12(8)19/h1-2,5,8,12,16,19H,3-4,6-7H2,(H2,17,18,20)/t8-,12+/m0/s1. The summed E-state index contributed by atoms with van der Waals surface area (Å²) in [7, 11) is 0. The Hall–Kier alpha value is -1.73. The van der Waals surface area contributed by atoms with Crippen LogP contribution in [0.25, 0.3) is 0 Å². The lowest BCUT2D eigenvalue weighted by Gasteiger charge is -2.28. The highest BCUT2D eigenvalue weighted by Gasteiger charge is 2.23. The summed E-state index contributed by atoms with van der Waals surface area (Å²) in [4.78, 5) is 11.6. The summed E-state index contributed by atoms with van der Waals surface area (Å²) in [6.07, 6.45) is 0.277. The molecule has 0 radical (unpaired) electrons. The molecule has 0 spiro atoms. The Morgan fingerprint density at radius 3 is 2.90 bits per heavy atom. The largest absolute Gasteiger partial charge is 0.391 e. The normalized spacial score (nSPS) is 22.4.